The first-order valence-corrected chi connectivity index (χ1v) is 6.44. The van der Waals surface area contributed by atoms with Crippen molar-refractivity contribution >= 4 is 21.2 Å². The van der Waals surface area contributed by atoms with Crippen molar-refractivity contribution in [3.63, 3.8) is 0 Å². The van der Waals surface area contributed by atoms with Gasteiger partial charge >= 0.3 is 0 Å². The first kappa shape index (κ1) is 17.0. The van der Waals surface area contributed by atoms with Crippen molar-refractivity contribution in [2.45, 2.75) is 24.6 Å². The predicted molar refractivity (Wildman–Crippen MR) is 80.6 cm³/mol. The van der Waals surface area contributed by atoms with Crippen molar-refractivity contribution in [3.05, 3.63) is 48.5 Å². The van der Waals surface area contributed by atoms with E-state index >= 15 is 0 Å². The molecule has 0 saturated heterocycles. The number of nitrogens with two attached hydrogens (primary N) is 2. The average molecular weight is 280 g/mol. The van der Waals surface area contributed by atoms with Crippen LogP contribution in [0.25, 0.3) is 0 Å². The molecular formula is C14H20N2O2S. The summed E-state index contributed by atoms with van der Waals surface area (Å²) in [5.74, 6) is 0. The van der Waals surface area contributed by atoms with Crippen LogP contribution in [0.1, 0.15) is 14.9 Å². The highest BCUT2D eigenvalue weighted by Crippen LogP contribution is 2.22. The smallest absolute Gasteiger partial charge is 0.206 e. The summed E-state index contributed by atoms with van der Waals surface area (Å²) in [6.45, 7) is 0. The van der Waals surface area contributed by atoms with Crippen LogP contribution in [-0.4, -0.2) is 8.42 Å². The average Bonchev–Trinajstić information content (AvgIpc) is 2.30. The quantitative estimate of drug-likeness (QED) is 0.828. The van der Waals surface area contributed by atoms with Crippen LogP contribution < -0.4 is 11.5 Å². The first-order valence-electron chi connectivity index (χ1n) is 4.96. The van der Waals surface area contributed by atoms with E-state index in [9.17, 15) is 8.42 Å². The largest absolute Gasteiger partial charge is 0.399 e. The third-order valence-electron chi connectivity index (χ3n) is 2.38. The molecule has 104 valence electrons. The third kappa shape index (κ3) is 3.48. The van der Waals surface area contributed by atoms with Crippen molar-refractivity contribution in [1.29, 1.82) is 0 Å². The second kappa shape index (κ2) is 6.24. The van der Waals surface area contributed by atoms with Crippen LogP contribution in [-0.2, 0) is 9.84 Å². The van der Waals surface area contributed by atoms with Crippen molar-refractivity contribution in [3.8, 4) is 0 Å². The fourth-order valence-electron chi connectivity index (χ4n) is 1.43. The number of hydrogen-bond donors (Lipinski definition) is 2. The molecule has 0 aromatic heterocycles. The zero-order chi connectivity index (χ0) is 12.5. The van der Waals surface area contributed by atoms with Gasteiger partial charge in [0.25, 0.3) is 0 Å². The minimum Gasteiger partial charge on any atom is -0.399 e. The summed E-state index contributed by atoms with van der Waals surface area (Å²) in [6, 6.07) is 12.2. The molecule has 0 heterocycles. The Morgan fingerprint density at radius 1 is 0.632 bits per heavy atom. The summed E-state index contributed by atoms with van der Waals surface area (Å²) in [4.78, 5) is 0.438. The molecule has 2 aromatic rings. The maximum atomic E-state index is 12.2. The van der Waals surface area contributed by atoms with Crippen LogP contribution in [0.3, 0.4) is 0 Å². The summed E-state index contributed by atoms with van der Waals surface area (Å²) >= 11 is 0. The first-order chi connectivity index (χ1) is 8.00. The number of benzene rings is 2. The molecule has 0 aliphatic heterocycles. The molecule has 0 radical (unpaired) electrons. The molecule has 5 heteroatoms. The Bertz CT molecular complexity index is 566. The second-order valence-electron chi connectivity index (χ2n) is 3.64. The SMILES string of the molecule is C.C.Nc1ccc(S(=O)(=O)c2ccc(N)cc2)cc1. The van der Waals surface area contributed by atoms with Gasteiger partial charge in [0.05, 0.1) is 9.79 Å². The lowest BCUT2D eigenvalue weighted by Crippen LogP contribution is -2.02. The molecule has 0 spiro atoms. The minimum atomic E-state index is -3.48. The molecule has 2 aromatic carbocycles. The highest BCUT2D eigenvalue weighted by Gasteiger charge is 2.16. The van der Waals surface area contributed by atoms with Gasteiger partial charge in [-0.25, -0.2) is 8.42 Å². The maximum absolute atomic E-state index is 12.2. The maximum Gasteiger partial charge on any atom is 0.206 e. The Hall–Kier alpha value is -2.01. The zero-order valence-electron chi connectivity index (χ0n) is 9.00. The van der Waals surface area contributed by atoms with E-state index in [1.54, 1.807) is 24.3 Å². The van der Waals surface area contributed by atoms with E-state index in [1.165, 1.54) is 24.3 Å². The normalized spacial score (nSPS) is 10.1. The van der Waals surface area contributed by atoms with E-state index in [0.717, 1.165) is 0 Å². The Morgan fingerprint density at radius 3 is 1.16 bits per heavy atom. The van der Waals surface area contributed by atoms with E-state index < -0.39 is 9.84 Å². The topological polar surface area (TPSA) is 86.2 Å². The molecule has 0 saturated carbocycles. The van der Waals surface area contributed by atoms with E-state index in [-0.39, 0.29) is 24.6 Å². The van der Waals surface area contributed by atoms with Gasteiger partial charge in [0.2, 0.25) is 9.84 Å². The summed E-state index contributed by atoms with van der Waals surface area (Å²) in [6.07, 6.45) is 0. The molecule has 0 fully saturated rings. The van der Waals surface area contributed by atoms with Gasteiger partial charge in [0.1, 0.15) is 0 Å². The van der Waals surface area contributed by atoms with Crippen LogP contribution in [0.5, 0.6) is 0 Å². The number of hydrogen-bond acceptors (Lipinski definition) is 4. The van der Waals surface area contributed by atoms with E-state index in [2.05, 4.69) is 0 Å². The monoisotopic (exact) mass is 280 g/mol. The van der Waals surface area contributed by atoms with Crippen LogP contribution >= 0.6 is 0 Å². The lowest BCUT2D eigenvalue weighted by Gasteiger charge is -2.05. The molecule has 4 N–H and O–H groups in total. The number of nitrogen functional groups attached to an aromatic ring is 2. The fraction of sp³-hybridized carbons (Fsp3) is 0.143. The van der Waals surface area contributed by atoms with E-state index in [1.807, 2.05) is 0 Å². The Kier molecular flexibility index (Phi) is 5.58. The van der Waals surface area contributed by atoms with Gasteiger partial charge < -0.3 is 11.5 Å². The zero-order valence-corrected chi connectivity index (χ0v) is 9.81. The summed E-state index contributed by atoms with van der Waals surface area (Å²) in [5, 5.41) is 0. The third-order valence-corrected chi connectivity index (χ3v) is 4.17. The molecule has 4 nitrogen and oxygen atoms in total. The Balaban J connectivity index is 0.00000162. The summed E-state index contributed by atoms with van der Waals surface area (Å²) in [5.41, 5.74) is 12.1. The molecule has 19 heavy (non-hydrogen) atoms. The number of anilines is 2. The van der Waals surface area contributed by atoms with Crippen LogP contribution in [0.2, 0.25) is 0 Å². The summed E-state index contributed by atoms with van der Waals surface area (Å²) in [7, 11) is -3.48. The van der Waals surface area contributed by atoms with Gasteiger partial charge in [0, 0.05) is 11.4 Å². The number of rotatable bonds is 2. The Morgan fingerprint density at radius 2 is 0.895 bits per heavy atom. The van der Waals surface area contributed by atoms with Crippen molar-refractivity contribution < 1.29 is 8.42 Å². The molecule has 0 bridgehead atoms. The minimum absolute atomic E-state index is 0. The van der Waals surface area contributed by atoms with Crippen LogP contribution in [0.4, 0.5) is 11.4 Å². The van der Waals surface area contributed by atoms with Crippen LogP contribution in [0.15, 0.2) is 58.3 Å². The molecule has 0 atom stereocenters. The lowest BCUT2D eigenvalue weighted by atomic mass is 10.3. The van der Waals surface area contributed by atoms with Gasteiger partial charge in [-0.3, -0.25) is 0 Å². The number of sulfone groups is 1. The highest BCUT2D eigenvalue weighted by molar-refractivity contribution is 7.91. The molecule has 0 aliphatic rings. The van der Waals surface area contributed by atoms with Crippen LogP contribution in [0, 0.1) is 0 Å². The molecule has 0 aliphatic carbocycles. The summed E-state index contributed by atoms with van der Waals surface area (Å²) < 4.78 is 24.3. The van der Waals surface area contributed by atoms with Crippen molar-refractivity contribution in [2.24, 2.45) is 0 Å². The molecule has 0 unspecified atom stereocenters. The van der Waals surface area contributed by atoms with Gasteiger partial charge in [-0.15, -0.1) is 0 Å². The second-order valence-corrected chi connectivity index (χ2v) is 5.59. The van der Waals surface area contributed by atoms with Crippen molar-refractivity contribution in [2.75, 3.05) is 11.5 Å². The Labute approximate surface area is 115 Å². The standard InChI is InChI=1S/C12H12N2O2S.2CH4/c13-9-1-5-11(6-2-9)17(15,16)12-7-3-10(14)4-8-12;;/h1-8H,13-14H2;2*1H4. The van der Waals surface area contributed by atoms with E-state index in [0.29, 0.717) is 11.4 Å². The lowest BCUT2D eigenvalue weighted by molar-refractivity contribution is 0.596. The van der Waals surface area contributed by atoms with Gasteiger partial charge in [-0.1, -0.05) is 14.9 Å². The van der Waals surface area contributed by atoms with Gasteiger partial charge in [-0.2, -0.15) is 0 Å². The fourth-order valence-corrected chi connectivity index (χ4v) is 2.69. The van der Waals surface area contributed by atoms with Gasteiger partial charge in [0.15, 0.2) is 0 Å². The van der Waals surface area contributed by atoms with Crippen molar-refractivity contribution in [1.82, 2.24) is 0 Å². The molecule has 0 amide bonds. The predicted octanol–water partition coefficient (Wildman–Crippen LogP) is 2.96. The van der Waals surface area contributed by atoms with Gasteiger partial charge in [-0.05, 0) is 48.5 Å². The molecular weight excluding hydrogens is 260 g/mol. The molecule has 2 rings (SSSR count). The highest BCUT2D eigenvalue weighted by atomic mass is 32.2. The van der Waals surface area contributed by atoms with E-state index in [4.69, 9.17) is 11.5 Å².